The van der Waals surface area contributed by atoms with Crippen LogP contribution in [0.4, 0.5) is 0 Å². The fraction of sp³-hybridized carbons (Fsp3) is 0.467. The van der Waals surface area contributed by atoms with Gasteiger partial charge in [-0.25, -0.2) is 4.79 Å². The second-order valence-electron chi connectivity index (χ2n) is 4.47. The van der Waals surface area contributed by atoms with Gasteiger partial charge in [0.1, 0.15) is 0 Å². The molecule has 0 aromatic heterocycles. The Bertz CT molecular complexity index is 450. The molecule has 2 N–H and O–H groups in total. The molecule has 0 spiro atoms. The lowest BCUT2D eigenvalue weighted by molar-refractivity contribution is -0.151. The Kier molecular flexibility index (Phi) is 7.42. The Balaban J connectivity index is 2.76. The second kappa shape index (κ2) is 9.10. The van der Waals surface area contributed by atoms with E-state index in [4.69, 9.17) is 15.2 Å². The number of ether oxygens (including phenoxy) is 2. The minimum absolute atomic E-state index is 0.191. The van der Waals surface area contributed by atoms with E-state index in [1.165, 1.54) is 4.90 Å². The average molecular weight is 294 g/mol. The van der Waals surface area contributed by atoms with Crippen molar-refractivity contribution in [2.75, 3.05) is 26.9 Å². The molecule has 0 fully saturated rings. The van der Waals surface area contributed by atoms with Gasteiger partial charge in [-0.2, -0.15) is 0 Å². The van der Waals surface area contributed by atoms with E-state index in [0.29, 0.717) is 19.7 Å². The predicted molar refractivity (Wildman–Crippen MR) is 78.3 cm³/mol. The first-order chi connectivity index (χ1) is 10.1. The molecule has 0 saturated heterocycles. The van der Waals surface area contributed by atoms with E-state index < -0.39 is 17.9 Å². The van der Waals surface area contributed by atoms with E-state index in [1.54, 1.807) is 14.0 Å². The number of carbonyl (C=O) groups excluding carboxylic acids is 2. The van der Waals surface area contributed by atoms with Gasteiger partial charge in [0, 0.05) is 20.2 Å². The van der Waals surface area contributed by atoms with Gasteiger partial charge in [0.15, 0.2) is 6.04 Å². The summed E-state index contributed by atoms with van der Waals surface area (Å²) in [6.45, 7) is 2.96. The third-order valence-electron chi connectivity index (χ3n) is 2.90. The van der Waals surface area contributed by atoms with Gasteiger partial charge in [-0.15, -0.1) is 0 Å². The molecule has 116 valence electrons. The van der Waals surface area contributed by atoms with Crippen molar-refractivity contribution < 1.29 is 19.1 Å². The van der Waals surface area contributed by atoms with Crippen molar-refractivity contribution in [1.29, 1.82) is 0 Å². The van der Waals surface area contributed by atoms with Gasteiger partial charge < -0.3 is 20.1 Å². The molecule has 0 saturated carbocycles. The highest BCUT2D eigenvalue weighted by atomic mass is 16.5. The lowest BCUT2D eigenvalue weighted by Gasteiger charge is -2.24. The number of carbonyl (C=O) groups is 2. The van der Waals surface area contributed by atoms with Crippen LogP contribution in [0.1, 0.15) is 12.5 Å². The first-order valence-electron chi connectivity index (χ1n) is 6.84. The molecule has 1 amide bonds. The molecule has 0 aliphatic heterocycles. The zero-order valence-electron chi connectivity index (χ0n) is 12.5. The first-order valence-corrected chi connectivity index (χ1v) is 6.84. The summed E-state index contributed by atoms with van der Waals surface area (Å²) >= 11 is 0. The lowest BCUT2D eigenvalue weighted by Crippen LogP contribution is -2.49. The minimum atomic E-state index is -1.30. The number of nitrogens with zero attached hydrogens (tertiary/aromatic N) is 1. The zero-order valence-corrected chi connectivity index (χ0v) is 12.5. The largest absolute Gasteiger partial charge is 0.464 e. The SMILES string of the molecule is CCOC(=O)C(N)C(=O)N(CCOC)Cc1ccccc1. The number of amides is 1. The van der Waals surface area contributed by atoms with Crippen LogP contribution >= 0.6 is 0 Å². The summed E-state index contributed by atoms with van der Waals surface area (Å²) in [4.78, 5) is 25.4. The lowest BCUT2D eigenvalue weighted by atomic mass is 10.2. The Morgan fingerprint density at radius 1 is 1.29 bits per heavy atom. The van der Waals surface area contributed by atoms with Gasteiger partial charge in [0.05, 0.1) is 13.2 Å². The summed E-state index contributed by atoms with van der Waals surface area (Å²) in [6.07, 6.45) is 0. The fourth-order valence-corrected chi connectivity index (χ4v) is 1.80. The van der Waals surface area contributed by atoms with Crippen molar-refractivity contribution in [3.8, 4) is 0 Å². The molecule has 0 bridgehead atoms. The zero-order chi connectivity index (χ0) is 15.7. The molecular weight excluding hydrogens is 272 g/mol. The van der Waals surface area contributed by atoms with Crippen LogP contribution in [-0.4, -0.2) is 49.7 Å². The van der Waals surface area contributed by atoms with Crippen LogP contribution < -0.4 is 5.73 Å². The quantitative estimate of drug-likeness (QED) is 0.559. The summed E-state index contributed by atoms with van der Waals surface area (Å²) in [5.41, 5.74) is 6.62. The molecule has 1 unspecified atom stereocenters. The van der Waals surface area contributed by atoms with Crippen LogP contribution in [0, 0.1) is 0 Å². The third-order valence-corrected chi connectivity index (χ3v) is 2.90. The molecule has 0 aliphatic carbocycles. The van der Waals surface area contributed by atoms with Gasteiger partial charge in [0.25, 0.3) is 5.91 Å². The van der Waals surface area contributed by atoms with Crippen molar-refractivity contribution in [3.05, 3.63) is 35.9 Å². The number of rotatable bonds is 8. The molecular formula is C15H22N2O4. The van der Waals surface area contributed by atoms with E-state index >= 15 is 0 Å². The van der Waals surface area contributed by atoms with E-state index in [9.17, 15) is 9.59 Å². The van der Waals surface area contributed by atoms with Crippen molar-refractivity contribution in [2.45, 2.75) is 19.5 Å². The molecule has 6 heteroatoms. The van der Waals surface area contributed by atoms with E-state index in [2.05, 4.69) is 0 Å². The monoisotopic (exact) mass is 294 g/mol. The highest BCUT2D eigenvalue weighted by Gasteiger charge is 2.28. The van der Waals surface area contributed by atoms with Crippen LogP contribution in [-0.2, 0) is 25.6 Å². The Morgan fingerprint density at radius 3 is 2.52 bits per heavy atom. The van der Waals surface area contributed by atoms with E-state index in [-0.39, 0.29) is 6.61 Å². The van der Waals surface area contributed by atoms with Gasteiger partial charge in [0.2, 0.25) is 0 Å². The highest BCUT2D eigenvalue weighted by molar-refractivity contribution is 6.01. The predicted octanol–water partition coefficient (Wildman–Crippen LogP) is 0.552. The van der Waals surface area contributed by atoms with Gasteiger partial charge in [-0.3, -0.25) is 4.79 Å². The van der Waals surface area contributed by atoms with Gasteiger partial charge in [-0.1, -0.05) is 30.3 Å². The number of esters is 1. The maximum Gasteiger partial charge on any atom is 0.332 e. The summed E-state index contributed by atoms with van der Waals surface area (Å²) in [7, 11) is 1.55. The number of benzene rings is 1. The van der Waals surface area contributed by atoms with E-state index in [0.717, 1.165) is 5.56 Å². The molecule has 21 heavy (non-hydrogen) atoms. The summed E-state index contributed by atoms with van der Waals surface area (Å²) < 4.78 is 9.78. The fourth-order valence-electron chi connectivity index (χ4n) is 1.80. The van der Waals surface area contributed by atoms with Crippen molar-refractivity contribution in [3.63, 3.8) is 0 Å². The molecule has 0 aliphatic rings. The summed E-state index contributed by atoms with van der Waals surface area (Å²) in [6, 6.07) is 8.19. The van der Waals surface area contributed by atoms with Crippen LogP contribution in [0.3, 0.4) is 0 Å². The molecule has 0 radical (unpaired) electrons. The van der Waals surface area contributed by atoms with Crippen LogP contribution in [0.2, 0.25) is 0 Å². The molecule has 1 rings (SSSR count). The molecule has 6 nitrogen and oxygen atoms in total. The second-order valence-corrected chi connectivity index (χ2v) is 4.47. The third kappa shape index (κ3) is 5.53. The number of nitrogens with two attached hydrogens (primary N) is 1. The van der Waals surface area contributed by atoms with Crippen LogP contribution in [0.5, 0.6) is 0 Å². The van der Waals surface area contributed by atoms with E-state index in [1.807, 2.05) is 30.3 Å². The Labute approximate surface area is 124 Å². The maximum absolute atomic E-state index is 12.3. The number of methoxy groups -OCH3 is 1. The highest BCUT2D eigenvalue weighted by Crippen LogP contribution is 2.06. The Hall–Kier alpha value is -1.92. The van der Waals surface area contributed by atoms with Crippen molar-refractivity contribution in [1.82, 2.24) is 4.90 Å². The van der Waals surface area contributed by atoms with Crippen LogP contribution in [0.25, 0.3) is 0 Å². The Morgan fingerprint density at radius 2 is 1.95 bits per heavy atom. The topological polar surface area (TPSA) is 81.9 Å². The molecule has 1 aromatic carbocycles. The minimum Gasteiger partial charge on any atom is -0.464 e. The normalized spacial score (nSPS) is 11.8. The summed E-state index contributed by atoms with van der Waals surface area (Å²) in [5.74, 6) is -1.17. The van der Waals surface area contributed by atoms with Crippen LogP contribution in [0.15, 0.2) is 30.3 Å². The number of hydrogen-bond donors (Lipinski definition) is 1. The van der Waals surface area contributed by atoms with Gasteiger partial charge >= 0.3 is 5.97 Å². The maximum atomic E-state index is 12.3. The standard InChI is InChI=1S/C15H22N2O4/c1-3-21-15(19)13(16)14(18)17(9-10-20-2)11-12-7-5-4-6-8-12/h4-8,13H,3,9-11,16H2,1-2H3. The van der Waals surface area contributed by atoms with Gasteiger partial charge in [-0.05, 0) is 12.5 Å². The summed E-state index contributed by atoms with van der Waals surface area (Å²) in [5, 5.41) is 0. The number of hydrogen-bond acceptors (Lipinski definition) is 5. The molecule has 1 atom stereocenters. The van der Waals surface area contributed by atoms with Crippen molar-refractivity contribution >= 4 is 11.9 Å². The first kappa shape index (κ1) is 17.1. The molecule has 0 heterocycles. The van der Waals surface area contributed by atoms with Crippen molar-refractivity contribution in [2.24, 2.45) is 5.73 Å². The smallest absolute Gasteiger partial charge is 0.332 e. The average Bonchev–Trinajstić information content (AvgIpc) is 2.51. The molecule has 1 aromatic rings.